The maximum Gasteiger partial charge on any atom is 0.223 e. The maximum absolute atomic E-state index is 12.9. The van der Waals surface area contributed by atoms with Crippen LogP contribution < -0.4 is 15.2 Å². The average molecular weight is 344 g/mol. The molecule has 1 amide bonds. The van der Waals surface area contributed by atoms with Gasteiger partial charge in [-0.15, -0.1) is 0 Å². The molecule has 1 saturated heterocycles. The number of nitrogens with zero attached hydrogens (tertiary/aromatic N) is 1. The van der Waals surface area contributed by atoms with Gasteiger partial charge in [-0.2, -0.15) is 0 Å². The number of nitrogens with two attached hydrogens (primary N) is 1. The van der Waals surface area contributed by atoms with Crippen LogP contribution in [0.5, 0.6) is 11.5 Å². The third-order valence-electron chi connectivity index (χ3n) is 6.85. The average Bonchev–Trinajstić information content (AvgIpc) is 2.96. The molecule has 4 rings (SSSR count). The first-order chi connectivity index (χ1) is 12.1. The molecule has 2 N–H and O–H groups in total. The van der Waals surface area contributed by atoms with Gasteiger partial charge in [-0.05, 0) is 66.8 Å². The summed E-state index contributed by atoms with van der Waals surface area (Å²) in [4.78, 5) is 15.0. The number of amides is 1. The minimum absolute atomic E-state index is 0.216. The second-order valence-corrected chi connectivity index (χ2v) is 7.83. The second-order valence-electron chi connectivity index (χ2n) is 7.83. The molecule has 1 aromatic rings. The van der Waals surface area contributed by atoms with Crippen molar-refractivity contribution in [1.29, 1.82) is 0 Å². The van der Waals surface area contributed by atoms with Crippen molar-refractivity contribution in [3.8, 4) is 11.5 Å². The van der Waals surface area contributed by atoms with E-state index in [1.54, 1.807) is 14.2 Å². The summed E-state index contributed by atoms with van der Waals surface area (Å²) in [5, 5.41) is 0. The Labute approximate surface area is 149 Å². The molecule has 5 heteroatoms. The van der Waals surface area contributed by atoms with Crippen LogP contribution in [-0.4, -0.2) is 38.1 Å². The standard InChI is InChI=1S/C20H28N2O3/c1-12-10-20-15-8-18(25-3)17(24-2)7-13(15)5-4-6-22(20)19(23)9-16(20)14(12)11-21/h7-8,12,14,16H,4-6,9-11,21H2,1-3H3. The largest absolute Gasteiger partial charge is 0.493 e. The highest BCUT2D eigenvalue weighted by molar-refractivity contribution is 5.82. The molecule has 1 saturated carbocycles. The molecule has 1 aromatic carbocycles. The second kappa shape index (κ2) is 5.90. The topological polar surface area (TPSA) is 64.8 Å². The first-order valence-electron chi connectivity index (χ1n) is 9.32. The predicted molar refractivity (Wildman–Crippen MR) is 95.7 cm³/mol. The van der Waals surface area contributed by atoms with Crippen LogP contribution in [0, 0.1) is 17.8 Å². The number of rotatable bonds is 3. The number of hydrogen-bond acceptors (Lipinski definition) is 4. The van der Waals surface area contributed by atoms with E-state index in [1.165, 1.54) is 11.1 Å². The zero-order chi connectivity index (χ0) is 17.8. The van der Waals surface area contributed by atoms with E-state index in [2.05, 4.69) is 24.0 Å². The summed E-state index contributed by atoms with van der Waals surface area (Å²) in [5.74, 6) is 3.03. The van der Waals surface area contributed by atoms with E-state index in [0.29, 0.717) is 30.7 Å². The van der Waals surface area contributed by atoms with Gasteiger partial charge in [-0.25, -0.2) is 0 Å². The fourth-order valence-electron chi connectivity index (χ4n) is 5.83. The van der Waals surface area contributed by atoms with Gasteiger partial charge in [0, 0.05) is 13.0 Å². The number of fused-ring (bicyclic) bond motifs is 1. The highest BCUT2D eigenvalue weighted by Crippen LogP contribution is 2.60. The van der Waals surface area contributed by atoms with Crippen LogP contribution in [0.25, 0.3) is 0 Å². The van der Waals surface area contributed by atoms with Crippen molar-refractivity contribution in [2.45, 2.75) is 38.1 Å². The number of benzene rings is 1. The van der Waals surface area contributed by atoms with Crippen molar-refractivity contribution in [2.24, 2.45) is 23.5 Å². The smallest absolute Gasteiger partial charge is 0.223 e. The number of aryl methyl sites for hydroxylation is 1. The maximum atomic E-state index is 12.9. The predicted octanol–water partition coefficient (Wildman–Crippen LogP) is 2.31. The van der Waals surface area contributed by atoms with Crippen LogP contribution in [0.3, 0.4) is 0 Å². The molecule has 136 valence electrons. The molecule has 25 heavy (non-hydrogen) atoms. The Kier molecular flexibility index (Phi) is 3.95. The lowest BCUT2D eigenvalue weighted by atomic mass is 9.76. The van der Waals surface area contributed by atoms with Crippen LogP contribution in [0.4, 0.5) is 0 Å². The van der Waals surface area contributed by atoms with Gasteiger partial charge in [0.15, 0.2) is 11.5 Å². The van der Waals surface area contributed by atoms with Gasteiger partial charge in [0.25, 0.3) is 0 Å². The minimum Gasteiger partial charge on any atom is -0.493 e. The molecular weight excluding hydrogens is 316 g/mol. The molecule has 4 atom stereocenters. The van der Waals surface area contributed by atoms with Gasteiger partial charge in [-0.3, -0.25) is 4.79 Å². The fraction of sp³-hybridized carbons (Fsp3) is 0.650. The van der Waals surface area contributed by atoms with Crippen molar-refractivity contribution >= 4 is 5.91 Å². The Bertz CT molecular complexity index is 704. The monoisotopic (exact) mass is 344 g/mol. The molecule has 2 aliphatic heterocycles. The van der Waals surface area contributed by atoms with E-state index in [4.69, 9.17) is 15.2 Å². The lowest BCUT2D eigenvalue weighted by Crippen LogP contribution is -2.45. The number of ether oxygens (including phenoxy) is 2. The Morgan fingerprint density at radius 2 is 2.00 bits per heavy atom. The van der Waals surface area contributed by atoms with Crippen molar-refractivity contribution in [3.63, 3.8) is 0 Å². The van der Waals surface area contributed by atoms with Crippen LogP contribution in [0.1, 0.15) is 37.3 Å². The summed E-state index contributed by atoms with van der Waals surface area (Å²) in [5.41, 5.74) is 8.48. The fourth-order valence-corrected chi connectivity index (χ4v) is 5.83. The molecule has 1 spiro atoms. The highest BCUT2D eigenvalue weighted by atomic mass is 16.5. The summed E-state index contributed by atoms with van der Waals surface area (Å²) in [6.07, 6.45) is 3.58. The first kappa shape index (κ1) is 16.7. The van der Waals surface area contributed by atoms with E-state index in [9.17, 15) is 4.79 Å². The quantitative estimate of drug-likeness (QED) is 0.914. The molecule has 0 aromatic heterocycles. The van der Waals surface area contributed by atoms with E-state index in [0.717, 1.165) is 37.3 Å². The number of carbonyl (C=O) groups excluding carboxylic acids is 1. The van der Waals surface area contributed by atoms with Gasteiger partial charge in [0.1, 0.15) is 0 Å². The summed E-state index contributed by atoms with van der Waals surface area (Å²) in [6, 6.07) is 4.25. The van der Waals surface area contributed by atoms with Crippen LogP contribution in [0.15, 0.2) is 12.1 Å². The summed E-state index contributed by atoms with van der Waals surface area (Å²) in [7, 11) is 3.35. The Morgan fingerprint density at radius 3 is 2.68 bits per heavy atom. The molecule has 3 aliphatic rings. The molecular formula is C20H28N2O3. The Balaban J connectivity index is 1.94. The van der Waals surface area contributed by atoms with Crippen molar-refractivity contribution in [3.05, 3.63) is 23.3 Å². The van der Waals surface area contributed by atoms with E-state index in [1.807, 2.05) is 0 Å². The number of hydrogen-bond donors (Lipinski definition) is 1. The van der Waals surface area contributed by atoms with E-state index >= 15 is 0 Å². The van der Waals surface area contributed by atoms with Gasteiger partial charge in [-0.1, -0.05) is 6.92 Å². The highest BCUT2D eigenvalue weighted by Gasteiger charge is 2.62. The molecule has 2 heterocycles. The van der Waals surface area contributed by atoms with Gasteiger partial charge in [0.05, 0.1) is 19.8 Å². The van der Waals surface area contributed by atoms with Crippen molar-refractivity contribution in [2.75, 3.05) is 27.3 Å². The van der Waals surface area contributed by atoms with E-state index in [-0.39, 0.29) is 11.4 Å². The van der Waals surface area contributed by atoms with Gasteiger partial charge < -0.3 is 20.1 Å². The minimum atomic E-state index is -0.216. The van der Waals surface area contributed by atoms with Gasteiger partial charge >= 0.3 is 0 Å². The number of carbonyl (C=O) groups is 1. The van der Waals surface area contributed by atoms with Crippen LogP contribution in [-0.2, 0) is 16.8 Å². The lowest BCUT2D eigenvalue weighted by molar-refractivity contribution is -0.131. The molecule has 4 unspecified atom stereocenters. The molecule has 0 radical (unpaired) electrons. The van der Waals surface area contributed by atoms with Crippen LogP contribution in [0.2, 0.25) is 0 Å². The number of methoxy groups -OCH3 is 2. The third kappa shape index (κ3) is 2.14. The van der Waals surface area contributed by atoms with Gasteiger partial charge in [0.2, 0.25) is 5.91 Å². The SMILES string of the molecule is COc1cc2c(cc1OC)C13CC(C)C(CN)C1CC(=O)N3CCC2. The zero-order valence-electron chi connectivity index (χ0n) is 15.4. The summed E-state index contributed by atoms with van der Waals surface area (Å²) in [6.45, 7) is 3.77. The summed E-state index contributed by atoms with van der Waals surface area (Å²) < 4.78 is 11.1. The van der Waals surface area contributed by atoms with E-state index < -0.39 is 0 Å². The Morgan fingerprint density at radius 1 is 1.28 bits per heavy atom. The molecule has 1 aliphatic carbocycles. The first-order valence-corrected chi connectivity index (χ1v) is 9.32. The Hall–Kier alpha value is -1.75. The summed E-state index contributed by atoms with van der Waals surface area (Å²) >= 11 is 0. The zero-order valence-corrected chi connectivity index (χ0v) is 15.4. The molecule has 5 nitrogen and oxygen atoms in total. The normalized spacial score (nSPS) is 33.5. The van der Waals surface area contributed by atoms with Crippen LogP contribution >= 0.6 is 0 Å². The third-order valence-corrected chi connectivity index (χ3v) is 6.85. The van der Waals surface area contributed by atoms with Crippen molar-refractivity contribution in [1.82, 2.24) is 4.90 Å². The molecule has 2 fully saturated rings. The molecule has 0 bridgehead atoms. The van der Waals surface area contributed by atoms with Crippen molar-refractivity contribution < 1.29 is 14.3 Å². The lowest BCUT2D eigenvalue weighted by Gasteiger charge is -2.40.